The molecular formula is C19H15NO3S2. The van der Waals surface area contributed by atoms with E-state index < -0.39 is 5.97 Å². The normalized spacial score (nSPS) is 15.8. The Labute approximate surface area is 155 Å². The first-order chi connectivity index (χ1) is 12.0. The number of ether oxygens (including phenoxy) is 1. The number of methoxy groups -OCH3 is 1. The van der Waals surface area contributed by atoms with Gasteiger partial charge in [0, 0.05) is 0 Å². The second-order valence-corrected chi connectivity index (χ2v) is 7.11. The number of para-hydroxylation sites is 1. The summed E-state index contributed by atoms with van der Waals surface area (Å²) in [4.78, 5) is 26.7. The van der Waals surface area contributed by atoms with Crippen molar-refractivity contribution >= 4 is 51.9 Å². The molecule has 0 radical (unpaired) electrons. The van der Waals surface area contributed by atoms with Gasteiger partial charge in [-0.3, -0.25) is 9.69 Å². The van der Waals surface area contributed by atoms with Gasteiger partial charge in [-0.2, -0.15) is 0 Å². The fourth-order valence-electron chi connectivity index (χ4n) is 2.44. The number of amides is 1. The van der Waals surface area contributed by atoms with Crippen LogP contribution in [0.25, 0.3) is 6.08 Å². The fraction of sp³-hybridized carbons (Fsp3) is 0.105. The summed E-state index contributed by atoms with van der Waals surface area (Å²) in [5, 5.41) is 0. The number of hydrogen-bond donors (Lipinski definition) is 0. The summed E-state index contributed by atoms with van der Waals surface area (Å²) in [6, 6.07) is 14.6. The standard InChI is InChI=1S/C19H15NO3S2/c1-12-7-9-13(10-8-12)11-16-17(21)20(19(24)25-16)15-6-4-3-5-14(15)18(22)23-2/h3-11H,1-2H3/b16-11-. The highest BCUT2D eigenvalue weighted by Crippen LogP contribution is 2.37. The van der Waals surface area contributed by atoms with Gasteiger partial charge in [0.1, 0.15) is 0 Å². The molecule has 6 heteroatoms. The summed E-state index contributed by atoms with van der Waals surface area (Å²) >= 11 is 6.59. The van der Waals surface area contributed by atoms with E-state index in [4.69, 9.17) is 17.0 Å². The number of carbonyl (C=O) groups excluding carboxylic acids is 2. The Kier molecular flexibility index (Phi) is 5.01. The molecule has 0 N–H and O–H groups in total. The summed E-state index contributed by atoms with van der Waals surface area (Å²) in [6.07, 6.45) is 1.81. The van der Waals surface area contributed by atoms with Gasteiger partial charge in [0.2, 0.25) is 0 Å². The quantitative estimate of drug-likeness (QED) is 0.461. The number of aryl methyl sites for hydroxylation is 1. The predicted molar refractivity (Wildman–Crippen MR) is 105 cm³/mol. The van der Waals surface area contributed by atoms with Crippen LogP contribution in [0.5, 0.6) is 0 Å². The molecule has 1 aliphatic rings. The van der Waals surface area contributed by atoms with Gasteiger partial charge in [-0.05, 0) is 30.7 Å². The average molecular weight is 369 g/mol. The molecule has 0 unspecified atom stereocenters. The zero-order valence-electron chi connectivity index (χ0n) is 13.7. The average Bonchev–Trinajstić information content (AvgIpc) is 2.89. The third-order valence-corrected chi connectivity index (χ3v) is 5.02. The van der Waals surface area contributed by atoms with Crippen molar-refractivity contribution < 1.29 is 14.3 Å². The van der Waals surface area contributed by atoms with Crippen LogP contribution in [0.3, 0.4) is 0 Å². The van der Waals surface area contributed by atoms with Gasteiger partial charge in [-0.15, -0.1) is 0 Å². The van der Waals surface area contributed by atoms with Gasteiger partial charge < -0.3 is 4.74 Å². The maximum atomic E-state index is 12.8. The van der Waals surface area contributed by atoms with E-state index in [0.717, 1.165) is 11.1 Å². The number of thiocarbonyl (C=S) groups is 1. The van der Waals surface area contributed by atoms with E-state index in [-0.39, 0.29) is 5.91 Å². The molecule has 0 saturated carbocycles. The minimum atomic E-state index is -0.507. The lowest BCUT2D eigenvalue weighted by atomic mass is 10.1. The number of thioether (sulfide) groups is 1. The van der Waals surface area contributed by atoms with E-state index in [1.807, 2.05) is 31.2 Å². The third-order valence-electron chi connectivity index (χ3n) is 3.72. The van der Waals surface area contributed by atoms with Gasteiger partial charge in [-0.25, -0.2) is 4.79 Å². The first kappa shape index (κ1) is 17.4. The maximum absolute atomic E-state index is 12.8. The molecule has 4 nitrogen and oxygen atoms in total. The molecule has 1 fully saturated rings. The first-order valence-corrected chi connectivity index (χ1v) is 8.75. The summed E-state index contributed by atoms with van der Waals surface area (Å²) in [6.45, 7) is 2.01. The minimum Gasteiger partial charge on any atom is -0.465 e. The number of hydrogen-bond acceptors (Lipinski definition) is 5. The first-order valence-electron chi connectivity index (χ1n) is 7.53. The topological polar surface area (TPSA) is 46.6 Å². The molecule has 0 bridgehead atoms. The lowest BCUT2D eigenvalue weighted by Crippen LogP contribution is -2.29. The number of esters is 1. The van der Waals surface area contributed by atoms with Crippen LogP contribution >= 0.6 is 24.0 Å². The molecule has 2 aromatic rings. The van der Waals surface area contributed by atoms with Crippen molar-refractivity contribution in [2.45, 2.75) is 6.92 Å². The Hall–Kier alpha value is -2.44. The lowest BCUT2D eigenvalue weighted by Gasteiger charge is -2.17. The van der Waals surface area contributed by atoms with E-state index >= 15 is 0 Å². The molecule has 2 aromatic carbocycles. The zero-order valence-corrected chi connectivity index (χ0v) is 15.3. The molecule has 0 aliphatic carbocycles. The maximum Gasteiger partial charge on any atom is 0.339 e. The summed E-state index contributed by atoms with van der Waals surface area (Å²) in [5.74, 6) is -0.751. The van der Waals surface area contributed by atoms with Gasteiger partial charge in [0.15, 0.2) is 4.32 Å². The van der Waals surface area contributed by atoms with Crippen LogP contribution in [0, 0.1) is 6.92 Å². The van der Waals surface area contributed by atoms with Gasteiger partial charge in [0.05, 0.1) is 23.3 Å². The second kappa shape index (κ2) is 7.21. The Bertz CT molecular complexity index is 888. The smallest absolute Gasteiger partial charge is 0.339 e. The fourth-order valence-corrected chi connectivity index (χ4v) is 3.73. The van der Waals surface area contributed by atoms with E-state index in [1.165, 1.54) is 23.8 Å². The van der Waals surface area contributed by atoms with Gasteiger partial charge in [-0.1, -0.05) is 65.9 Å². The van der Waals surface area contributed by atoms with Gasteiger partial charge >= 0.3 is 5.97 Å². The molecular weight excluding hydrogens is 354 g/mol. The number of carbonyl (C=O) groups is 2. The SMILES string of the molecule is COC(=O)c1ccccc1N1C(=O)/C(=C/c2ccc(C)cc2)SC1=S. The number of benzene rings is 2. The molecule has 0 atom stereocenters. The Balaban J connectivity index is 1.98. The number of nitrogens with zero attached hydrogens (tertiary/aromatic N) is 1. The molecule has 3 rings (SSSR count). The summed E-state index contributed by atoms with van der Waals surface area (Å²) in [5.41, 5.74) is 2.81. The highest BCUT2D eigenvalue weighted by atomic mass is 32.2. The predicted octanol–water partition coefficient (Wildman–Crippen LogP) is 4.19. The Morgan fingerprint density at radius 2 is 1.84 bits per heavy atom. The van der Waals surface area contributed by atoms with E-state index in [2.05, 4.69) is 0 Å². The zero-order chi connectivity index (χ0) is 18.0. The molecule has 0 spiro atoms. The van der Waals surface area contributed by atoms with Crippen molar-refractivity contribution in [2.24, 2.45) is 0 Å². The summed E-state index contributed by atoms with van der Waals surface area (Å²) < 4.78 is 5.19. The molecule has 1 aliphatic heterocycles. The van der Waals surface area contributed by atoms with Crippen LogP contribution in [-0.2, 0) is 9.53 Å². The number of anilines is 1. The van der Waals surface area contributed by atoms with Crippen LogP contribution in [0.15, 0.2) is 53.4 Å². The minimum absolute atomic E-state index is 0.244. The van der Waals surface area contributed by atoms with E-state index in [1.54, 1.807) is 30.3 Å². The highest BCUT2D eigenvalue weighted by Gasteiger charge is 2.35. The van der Waals surface area contributed by atoms with Crippen molar-refractivity contribution in [1.82, 2.24) is 0 Å². The van der Waals surface area contributed by atoms with E-state index in [9.17, 15) is 9.59 Å². The van der Waals surface area contributed by atoms with Crippen LogP contribution in [0.4, 0.5) is 5.69 Å². The van der Waals surface area contributed by atoms with Gasteiger partial charge in [0.25, 0.3) is 5.91 Å². The molecule has 1 heterocycles. The monoisotopic (exact) mass is 369 g/mol. The summed E-state index contributed by atoms with van der Waals surface area (Å²) in [7, 11) is 1.31. The van der Waals surface area contributed by atoms with E-state index in [0.29, 0.717) is 20.5 Å². The van der Waals surface area contributed by atoms with Crippen molar-refractivity contribution in [1.29, 1.82) is 0 Å². The molecule has 0 aromatic heterocycles. The third kappa shape index (κ3) is 3.50. The van der Waals surface area contributed by atoms with Crippen molar-refractivity contribution in [2.75, 3.05) is 12.0 Å². The van der Waals surface area contributed by atoms with Crippen LogP contribution in [0.1, 0.15) is 21.5 Å². The molecule has 1 amide bonds. The van der Waals surface area contributed by atoms with Crippen LogP contribution < -0.4 is 4.90 Å². The largest absolute Gasteiger partial charge is 0.465 e. The van der Waals surface area contributed by atoms with Crippen molar-refractivity contribution in [3.05, 3.63) is 70.1 Å². The lowest BCUT2D eigenvalue weighted by molar-refractivity contribution is -0.113. The molecule has 25 heavy (non-hydrogen) atoms. The Morgan fingerprint density at radius 1 is 1.16 bits per heavy atom. The van der Waals surface area contributed by atoms with Crippen molar-refractivity contribution in [3.63, 3.8) is 0 Å². The second-order valence-electron chi connectivity index (χ2n) is 5.44. The van der Waals surface area contributed by atoms with Crippen molar-refractivity contribution in [3.8, 4) is 0 Å². The highest BCUT2D eigenvalue weighted by molar-refractivity contribution is 8.27. The molecule has 126 valence electrons. The van der Waals surface area contributed by atoms with Crippen LogP contribution in [0.2, 0.25) is 0 Å². The number of rotatable bonds is 3. The Morgan fingerprint density at radius 3 is 2.52 bits per heavy atom. The van der Waals surface area contributed by atoms with Crippen LogP contribution in [-0.4, -0.2) is 23.3 Å². The molecule has 1 saturated heterocycles.